The average molecular weight is 188 g/mol. The Labute approximate surface area is 85.0 Å². The highest BCUT2D eigenvalue weighted by Crippen LogP contribution is 2.34. The standard InChI is InChI=1S/C12H16N2/c1-9-12(2,13)8-10-6-4-5-7-11(10)14(9)3/h4-7H,1,8,13H2,2-3H3. The lowest BCUT2D eigenvalue weighted by Gasteiger charge is -2.40. The minimum atomic E-state index is -0.316. The van der Waals surface area contributed by atoms with Gasteiger partial charge in [-0.2, -0.15) is 0 Å². The number of rotatable bonds is 0. The molecule has 0 saturated heterocycles. The van der Waals surface area contributed by atoms with Crippen molar-refractivity contribution in [2.45, 2.75) is 18.9 Å². The van der Waals surface area contributed by atoms with Crippen molar-refractivity contribution in [3.63, 3.8) is 0 Å². The van der Waals surface area contributed by atoms with Crippen LogP contribution in [0.2, 0.25) is 0 Å². The number of fused-ring (bicyclic) bond motifs is 1. The molecule has 1 aromatic carbocycles. The monoisotopic (exact) mass is 188 g/mol. The molecule has 1 aromatic rings. The topological polar surface area (TPSA) is 29.3 Å². The van der Waals surface area contributed by atoms with E-state index in [0.29, 0.717) is 0 Å². The Hall–Kier alpha value is -1.28. The first-order chi connectivity index (χ1) is 6.52. The van der Waals surface area contributed by atoms with Gasteiger partial charge in [-0.3, -0.25) is 0 Å². The molecule has 1 atom stereocenters. The molecule has 0 radical (unpaired) electrons. The zero-order chi connectivity index (χ0) is 10.3. The molecule has 2 nitrogen and oxygen atoms in total. The summed E-state index contributed by atoms with van der Waals surface area (Å²) >= 11 is 0. The fourth-order valence-corrected chi connectivity index (χ4v) is 2.01. The Morgan fingerprint density at radius 2 is 2.07 bits per heavy atom. The maximum absolute atomic E-state index is 6.19. The summed E-state index contributed by atoms with van der Waals surface area (Å²) in [6, 6.07) is 8.33. The predicted octanol–water partition coefficient (Wildman–Crippen LogP) is 1.91. The van der Waals surface area contributed by atoms with Crippen molar-refractivity contribution < 1.29 is 0 Å². The smallest absolute Gasteiger partial charge is 0.0570 e. The summed E-state index contributed by atoms with van der Waals surface area (Å²) in [6.07, 6.45) is 0.867. The SMILES string of the molecule is C=C1N(C)c2ccccc2CC1(C)N. The number of nitrogens with two attached hydrogens (primary N) is 1. The second-order valence-corrected chi connectivity index (χ2v) is 4.23. The Balaban J connectivity index is 2.53. The minimum absolute atomic E-state index is 0.316. The molecule has 0 aromatic heterocycles. The molecular weight excluding hydrogens is 172 g/mol. The van der Waals surface area contributed by atoms with E-state index in [1.807, 2.05) is 20.0 Å². The molecule has 1 heterocycles. The number of likely N-dealkylation sites (N-methyl/N-ethyl adjacent to an activating group) is 1. The molecule has 0 saturated carbocycles. The van der Waals surface area contributed by atoms with E-state index in [1.54, 1.807) is 0 Å². The van der Waals surface area contributed by atoms with Crippen molar-refractivity contribution in [3.05, 3.63) is 42.1 Å². The maximum Gasteiger partial charge on any atom is 0.0570 e. The zero-order valence-corrected chi connectivity index (χ0v) is 8.75. The van der Waals surface area contributed by atoms with Crippen LogP contribution in [-0.4, -0.2) is 12.6 Å². The summed E-state index contributed by atoms with van der Waals surface area (Å²) in [7, 11) is 2.02. The number of para-hydroxylation sites is 1. The number of hydrogen-bond acceptors (Lipinski definition) is 2. The van der Waals surface area contributed by atoms with Crippen LogP contribution in [0.5, 0.6) is 0 Å². The number of benzene rings is 1. The van der Waals surface area contributed by atoms with Gasteiger partial charge >= 0.3 is 0 Å². The maximum atomic E-state index is 6.19. The van der Waals surface area contributed by atoms with Gasteiger partial charge in [0.2, 0.25) is 0 Å². The van der Waals surface area contributed by atoms with E-state index in [0.717, 1.165) is 12.1 Å². The van der Waals surface area contributed by atoms with Gasteiger partial charge in [0.15, 0.2) is 0 Å². The minimum Gasteiger partial charge on any atom is -0.347 e. The number of hydrogen-bond donors (Lipinski definition) is 1. The zero-order valence-electron chi connectivity index (χ0n) is 8.75. The van der Waals surface area contributed by atoms with E-state index in [2.05, 4.69) is 29.7 Å². The van der Waals surface area contributed by atoms with E-state index in [9.17, 15) is 0 Å². The summed E-state index contributed by atoms with van der Waals surface area (Å²) in [6.45, 7) is 6.08. The van der Waals surface area contributed by atoms with Crippen LogP contribution in [0.4, 0.5) is 5.69 Å². The van der Waals surface area contributed by atoms with Crippen molar-refractivity contribution in [1.82, 2.24) is 0 Å². The molecule has 0 spiro atoms. The highest BCUT2D eigenvalue weighted by molar-refractivity contribution is 5.62. The second-order valence-electron chi connectivity index (χ2n) is 4.23. The second kappa shape index (κ2) is 2.85. The molecular formula is C12H16N2. The lowest BCUT2D eigenvalue weighted by Crippen LogP contribution is -2.49. The van der Waals surface area contributed by atoms with Gasteiger partial charge in [-0.05, 0) is 25.0 Å². The van der Waals surface area contributed by atoms with Gasteiger partial charge < -0.3 is 10.6 Å². The molecule has 1 unspecified atom stereocenters. The fraction of sp³-hybridized carbons (Fsp3) is 0.333. The first-order valence-corrected chi connectivity index (χ1v) is 4.82. The summed E-state index contributed by atoms with van der Waals surface area (Å²) < 4.78 is 0. The molecule has 2 rings (SSSR count). The van der Waals surface area contributed by atoms with E-state index in [4.69, 9.17) is 5.73 Å². The van der Waals surface area contributed by atoms with Gasteiger partial charge in [0.05, 0.1) is 5.54 Å². The highest BCUT2D eigenvalue weighted by atomic mass is 15.2. The van der Waals surface area contributed by atoms with Gasteiger partial charge in [-0.25, -0.2) is 0 Å². The predicted molar refractivity (Wildman–Crippen MR) is 60.3 cm³/mol. The van der Waals surface area contributed by atoms with Crippen LogP contribution in [0.15, 0.2) is 36.5 Å². The van der Waals surface area contributed by atoms with E-state index >= 15 is 0 Å². The van der Waals surface area contributed by atoms with Crippen LogP contribution in [0, 0.1) is 0 Å². The van der Waals surface area contributed by atoms with Crippen molar-refractivity contribution in [3.8, 4) is 0 Å². The summed E-state index contributed by atoms with van der Waals surface area (Å²) in [5.41, 5.74) is 9.37. The quantitative estimate of drug-likeness (QED) is 0.674. The van der Waals surface area contributed by atoms with Crippen molar-refractivity contribution >= 4 is 5.69 Å². The first kappa shape index (κ1) is 9.28. The van der Waals surface area contributed by atoms with E-state index in [-0.39, 0.29) is 5.54 Å². The lowest BCUT2D eigenvalue weighted by molar-refractivity contribution is 0.519. The van der Waals surface area contributed by atoms with Crippen LogP contribution < -0.4 is 10.6 Å². The summed E-state index contributed by atoms with van der Waals surface area (Å²) in [4.78, 5) is 2.08. The van der Waals surface area contributed by atoms with Crippen LogP contribution in [0.1, 0.15) is 12.5 Å². The van der Waals surface area contributed by atoms with E-state index < -0.39 is 0 Å². The molecule has 14 heavy (non-hydrogen) atoms. The van der Waals surface area contributed by atoms with Crippen molar-refractivity contribution in [1.29, 1.82) is 0 Å². The molecule has 74 valence electrons. The molecule has 2 N–H and O–H groups in total. The third kappa shape index (κ3) is 1.23. The molecule has 0 amide bonds. The third-order valence-electron chi connectivity index (χ3n) is 2.97. The fourth-order valence-electron chi connectivity index (χ4n) is 2.01. The lowest BCUT2D eigenvalue weighted by atomic mass is 9.85. The average Bonchev–Trinajstić information content (AvgIpc) is 2.14. The normalized spacial score (nSPS) is 26.2. The Morgan fingerprint density at radius 1 is 1.43 bits per heavy atom. The Morgan fingerprint density at radius 3 is 2.79 bits per heavy atom. The molecule has 2 heteroatoms. The van der Waals surface area contributed by atoms with Crippen LogP contribution in [0.25, 0.3) is 0 Å². The number of nitrogens with zero attached hydrogens (tertiary/aromatic N) is 1. The number of anilines is 1. The van der Waals surface area contributed by atoms with Crippen molar-refractivity contribution in [2.24, 2.45) is 5.73 Å². The molecule has 1 aliphatic heterocycles. The largest absolute Gasteiger partial charge is 0.347 e. The Bertz CT molecular complexity index is 380. The molecule has 0 aliphatic carbocycles. The highest BCUT2D eigenvalue weighted by Gasteiger charge is 2.32. The van der Waals surface area contributed by atoms with Gasteiger partial charge in [-0.15, -0.1) is 0 Å². The Kier molecular flexibility index (Phi) is 1.89. The first-order valence-electron chi connectivity index (χ1n) is 4.82. The molecule has 0 fully saturated rings. The van der Waals surface area contributed by atoms with Crippen LogP contribution in [-0.2, 0) is 6.42 Å². The molecule has 1 aliphatic rings. The van der Waals surface area contributed by atoms with Crippen LogP contribution >= 0.6 is 0 Å². The summed E-state index contributed by atoms with van der Waals surface area (Å²) in [5.74, 6) is 0. The van der Waals surface area contributed by atoms with Gasteiger partial charge in [-0.1, -0.05) is 24.8 Å². The van der Waals surface area contributed by atoms with E-state index in [1.165, 1.54) is 11.3 Å². The van der Waals surface area contributed by atoms with Crippen molar-refractivity contribution in [2.75, 3.05) is 11.9 Å². The summed E-state index contributed by atoms with van der Waals surface area (Å²) in [5, 5.41) is 0. The molecule has 0 bridgehead atoms. The van der Waals surface area contributed by atoms with Gasteiger partial charge in [0.25, 0.3) is 0 Å². The third-order valence-corrected chi connectivity index (χ3v) is 2.97. The van der Waals surface area contributed by atoms with Gasteiger partial charge in [0, 0.05) is 18.4 Å². The van der Waals surface area contributed by atoms with Crippen LogP contribution in [0.3, 0.4) is 0 Å². The van der Waals surface area contributed by atoms with Gasteiger partial charge in [0.1, 0.15) is 0 Å².